The predicted octanol–water partition coefficient (Wildman–Crippen LogP) is 5.71. The number of methoxy groups -OCH3 is 1. The summed E-state index contributed by atoms with van der Waals surface area (Å²) in [6.45, 7) is 1.66. The third kappa shape index (κ3) is 5.96. The summed E-state index contributed by atoms with van der Waals surface area (Å²) in [5, 5.41) is 6.42. The summed E-state index contributed by atoms with van der Waals surface area (Å²) in [4.78, 5) is 38.0. The second-order valence-corrected chi connectivity index (χ2v) is 8.56. The Labute approximate surface area is 195 Å². The quantitative estimate of drug-likeness (QED) is 0.413. The Hall–Kier alpha value is -3.16. The third-order valence-electron chi connectivity index (χ3n) is 4.81. The van der Waals surface area contributed by atoms with Gasteiger partial charge < -0.3 is 15.4 Å². The zero-order chi connectivity index (χ0) is 23.1. The van der Waals surface area contributed by atoms with Crippen LogP contribution in [-0.2, 0) is 16.0 Å². The first-order valence-corrected chi connectivity index (χ1v) is 11.2. The van der Waals surface area contributed by atoms with Gasteiger partial charge in [-0.2, -0.15) is 0 Å². The van der Waals surface area contributed by atoms with E-state index < -0.39 is 5.97 Å². The average Bonchev–Trinajstić information content (AvgIpc) is 3.11. The topological polar surface area (TPSA) is 84.5 Å². The van der Waals surface area contributed by atoms with E-state index in [2.05, 4.69) is 10.6 Å². The highest BCUT2D eigenvalue weighted by molar-refractivity contribution is 7.18. The number of benzene rings is 2. The molecule has 2 aromatic carbocycles. The van der Waals surface area contributed by atoms with Crippen LogP contribution >= 0.6 is 22.9 Å². The molecule has 0 fully saturated rings. The van der Waals surface area contributed by atoms with Crippen LogP contribution in [0, 0.1) is 6.92 Å². The van der Waals surface area contributed by atoms with Crippen LogP contribution in [0.15, 0.2) is 54.6 Å². The fraction of sp³-hybridized carbons (Fsp3) is 0.208. The predicted molar refractivity (Wildman–Crippen MR) is 128 cm³/mol. The lowest BCUT2D eigenvalue weighted by Crippen LogP contribution is -2.14. The molecule has 1 aromatic heterocycles. The van der Waals surface area contributed by atoms with Gasteiger partial charge in [-0.15, -0.1) is 11.3 Å². The Morgan fingerprint density at radius 1 is 1.00 bits per heavy atom. The molecule has 3 rings (SSSR count). The van der Waals surface area contributed by atoms with Gasteiger partial charge >= 0.3 is 5.97 Å². The summed E-state index contributed by atoms with van der Waals surface area (Å²) in [5.41, 5.74) is 2.37. The summed E-state index contributed by atoms with van der Waals surface area (Å²) < 4.78 is 4.87. The smallest absolute Gasteiger partial charge is 0.341 e. The molecule has 6 nitrogen and oxygen atoms in total. The average molecular weight is 471 g/mol. The van der Waals surface area contributed by atoms with E-state index in [-0.39, 0.29) is 17.4 Å². The van der Waals surface area contributed by atoms with Crippen LogP contribution in [0.4, 0.5) is 10.7 Å². The summed E-state index contributed by atoms with van der Waals surface area (Å²) in [7, 11) is 1.26. The minimum atomic E-state index is -0.608. The van der Waals surface area contributed by atoms with Crippen LogP contribution in [0.2, 0.25) is 5.02 Å². The molecule has 0 aliphatic heterocycles. The summed E-state index contributed by atoms with van der Waals surface area (Å²) in [6.07, 6.45) is 1.73. The van der Waals surface area contributed by atoms with Crippen molar-refractivity contribution in [1.82, 2.24) is 0 Å². The highest BCUT2D eigenvalue weighted by atomic mass is 35.5. The molecule has 0 unspecified atom stereocenters. The monoisotopic (exact) mass is 470 g/mol. The van der Waals surface area contributed by atoms with Gasteiger partial charge in [0.15, 0.2) is 0 Å². The molecule has 8 heteroatoms. The van der Waals surface area contributed by atoms with Crippen molar-refractivity contribution in [2.75, 3.05) is 17.7 Å². The fourth-order valence-electron chi connectivity index (χ4n) is 3.17. The number of nitrogens with one attached hydrogen (secondary N) is 2. The Morgan fingerprint density at radius 3 is 2.34 bits per heavy atom. The Kier molecular flexibility index (Phi) is 8.03. The fourth-order valence-corrected chi connectivity index (χ4v) is 4.41. The lowest BCUT2D eigenvalue weighted by Gasteiger charge is -2.06. The maximum atomic E-state index is 12.8. The second-order valence-electron chi connectivity index (χ2n) is 7.10. The van der Waals surface area contributed by atoms with Gasteiger partial charge in [-0.05, 0) is 55.2 Å². The van der Waals surface area contributed by atoms with Gasteiger partial charge in [0.05, 0.1) is 17.6 Å². The van der Waals surface area contributed by atoms with E-state index in [1.807, 2.05) is 30.3 Å². The molecular formula is C24H23ClN2O4S. The largest absolute Gasteiger partial charge is 0.465 e. The van der Waals surface area contributed by atoms with Crippen molar-refractivity contribution in [1.29, 1.82) is 0 Å². The first-order chi connectivity index (χ1) is 15.4. The highest BCUT2D eigenvalue weighted by Gasteiger charge is 2.26. The molecule has 0 radical (unpaired) electrons. The number of hydrogen-bond donors (Lipinski definition) is 2. The number of carbonyl (C=O) groups is 3. The molecule has 0 aliphatic rings. The van der Waals surface area contributed by atoms with Gasteiger partial charge in [0.2, 0.25) is 5.91 Å². The van der Waals surface area contributed by atoms with Crippen LogP contribution in [0.5, 0.6) is 0 Å². The van der Waals surface area contributed by atoms with Gasteiger partial charge in [-0.25, -0.2) is 4.79 Å². The lowest BCUT2D eigenvalue weighted by molar-refractivity contribution is -0.116. The molecule has 2 N–H and O–H groups in total. The maximum absolute atomic E-state index is 12.8. The second kappa shape index (κ2) is 10.9. The van der Waals surface area contributed by atoms with Crippen molar-refractivity contribution in [2.45, 2.75) is 26.2 Å². The van der Waals surface area contributed by atoms with E-state index in [4.69, 9.17) is 16.3 Å². The first-order valence-electron chi connectivity index (χ1n) is 10.0. The molecule has 32 heavy (non-hydrogen) atoms. The van der Waals surface area contributed by atoms with Crippen LogP contribution in [0.1, 0.15) is 44.0 Å². The molecule has 0 saturated carbocycles. The van der Waals surface area contributed by atoms with E-state index >= 15 is 0 Å². The van der Waals surface area contributed by atoms with Crippen molar-refractivity contribution >= 4 is 51.4 Å². The molecule has 0 spiro atoms. The molecule has 0 bridgehead atoms. The Morgan fingerprint density at radius 2 is 1.69 bits per heavy atom. The molecule has 0 aliphatic carbocycles. The van der Waals surface area contributed by atoms with E-state index in [0.29, 0.717) is 39.0 Å². The zero-order valence-corrected chi connectivity index (χ0v) is 19.3. The molecular weight excluding hydrogens is 448 g/mol. The summed E-state index contributed by atoms with van der Waals surface area (Å²) >= 11 is 6.93. The SMILES string of the molecule is COC(=O)c1c(NC(=O)CCCc2ccccc2)sc(C(=O)Nc2ccc(Cl)cc2)c1C. The number of carbonyl (C=O) groups excluding carboxylic acids is 3. The Bertz CT molecular complexity index is 1110. The van der Waals surface area contributed by atoms with E-state index in [9.17, 15) is 14.4 Å². The molecule has 0 saturated heterocycles. The number of halogens is 1. The van der Waals surface area contributed by atoms with Gasteiger partial charge in [0.1, 0.15) is 5.00 Å². The molecule has 1 heterocycles. The number of hydrogen-bond acceptors (Lipinski definition) is 5. The number of ether oxygens (including phenoxy) is 1. The van der Waals surface area contributed by atoms with Crippen LogP contribution < -0.4 is 10.6 Å². The van der Waals surface area contributed by atoms with Crippen molar-refractivity contribution < 1.29 is 19.1 Å². The van der Waals surface area contributed by atoms with Crippen molar-refractivity contribution in [3.63, 3.8) is 0 Å². The number of esters is 1. The minimum absolute atomic E-state index is 0.190. The summed E-state index contributed by atoms with van der Waals surface area (Å²) in [5.74, 6) is -1.22. The van der Waals surface area contributed by atoms with Crippen molar-refractivity contribution in [3.05, 3.63) is 81.2 Å². The van der Waals surface area contributed by atoms with Crippen LogP contribution in [0.25, 0.3) is 0 Å². The third-order valence-corrected chi connectivity index (χ3v) is 6.27. The first kappa shape index (κ1) is 23.5. The lowest BCUT2D eigenvalue weighted by atomic mass is 10.1. The van der Waals surface area contributed by atoms with E-state index in [1.54, 1.807) is 31.2 Å². The molecule has 2 amide bonds. The van der Waals surface area contributed by atoms with Crippen molar-refractivity contribution in [2.24, 2.45) is 0 Å². The Balaban J connectivity index is 1.72. The van der Waals surface area contributed by atoms with E-state index in [1.165, 1.54) is 7.11 Å². The number of anilines is 2. The minimum Gasteiger partial charge on any atom is -0.465 e. The van der Waals surface area contributed by atoms with Crippen molar-refractivity contribution in [3.8, 4) is 0 Å². The van der Waals surface area contributed by atoms with Gasteiger partial charge in [0, 0.05) is 17.1 Å². The van der Waals surface area contributed by atoms with Crippen LogP contribution in [-0.4, -0.2) is 24.9 Å². The number of rotatable bonds is 8. The van der Waals surface area contributed by atoms with Gasteiger partial charge in [-0.3, -0.25) is 9.59 Å². The zero-order valence-electron chi connectivity index (χ0n) is 17.7. The van der Waals surface area contributed by atoms with Crippen LogP contribution in [0.3, 0.4) is 0 Å². The molecule has 166 valence electrons. The maximum Gasteiger partial charge on any atom is 0.341 e. The van der Waals surface area contributed by atoms with E-state index in [0.717, 1.165) is 23.3 Å². The highest BCUT2D eigenvalue weighted by Crippen LogP contribution is 2.34. The normalized spacial score (nSPS) is 10.5. The molecule has 3 aromatic rings. The van der Waals surface area contributed by atoms with Gasteiger partial charge in [-0.1, -0.05) is 41.9 Å². The van der Waals surface area contributed by atoms with Gasteiger partial charge in [0.25, 0.3) is 5.91 Å². The molecule has 0 atom stereocenters. The number of thiophene rings is 1. The number of aryl methyl sites for hydroxylation is 1. The summed E-state index contributed by atoms with van der Waals surface area (Å²) in [6, 6.07) is 16.6. The number of amides is 2. The standard InChI is InChI=1S/C24H23ClN2O4S/c1-15-20(24(30)31-2)23(27-19(28)10-6-9-16-7-4-3-5-8-16)32-21(15)22(29)26-18-13-11-17(25)12-14-18/h3-5,7-8,11-14H,6,9-10H2,1-2H3,(H,26,29)(H,27,28).